The number of carbonyl (C=O) groups is 3. The molecule has 1 fully saturated rings. The second-order valence-corrected chi connectivity index (χ2v) is 5.79. The van der Waals surface area contributed by atoms with Crippen molar-refractivity contribution in [3.8, 4) is 0 Å². The van der Waals surface area contributed by atoms with E-state index in [1.807, 2.05) is 0 Å². The molecule has 2 rings (SSSR count). The number of esters is 1. The molecule has 1 saturated carbocycles. The van der Waals surface area contributed by atoms with Crippen LogP contribution in [0.15, 0.2) is 24.3 Å². The van der Waals surface area contributed by atoms with Crippen LogP contribution < -0.4 is 10.6 Å². The van der Waals surface area contributed by atoms with Crippen LogP contribution in [0.2, 0.25) is 0 Å². The lowest BCUT2D eigenvalue weighted by atomic mass is 10.1. The van der Waals surface area contributed by atoms with Gasteiger partial charge in [0.15, 0.2) is 6.61 Å². The van der Waals surface area contributed by atoms with Crippen LogP contribution in [0.3, 0.4) is 0 Å². The maximum atomic E-state index is 12.8. The Morgan fingerprint density at radius 3 is 2.46 bits per heavy atom. The summed E-state index contributed by atoms with van der Waals surface area (Å²) in [4.78, 5) is 34.7. The zero-order chi connectivity index (χ0) is 17.4. The lowest BCUT2D eigenvalue weighted by molar-refractivity contribution is -0.148. The van der Waals surface area contributed by atoms with Crippen molar-refractivity contribution in [1.29, 1.82) is 0 Å². The van der Waals surface area contributed by atoms with Crippen molar-refractivity contribution >= 4 is 17.9 Å². The largest absolute Gasteiger partial charge is 0.456 e. The van der Waals surface area contributed by atoms with E-state index in [4.69, 9.17) is 4.74 Å². The van der Waals surface area contributed by atoms with Crippen molar-refractivity contribution in [2.45, 2.75) is 44.6 Å². The first-order valence-electron chi connectivity index (χ1n) is 8.03. The predicted octanol–water partition coefficient (Wildman–Crippen LogP) is 2.07. The number of rotatable bonds is 6. The molecule has 3 amide bonds. The van der Waals surface area contributed by atoms with Crippen molar-refractivity contribution in [2.75, 3.05) is 6.61 Å². The molecular weight excluding hydrogens is 315 g/mol. The van der Waals surface area contributed by atoms with E-state index in [2.05, 4.69) is 10.6 Å². The van der Waals surface area contributed by atoms with Gasteiger partial charge in [0.25, 0.3) is 5.91 Å². The number of hydrogen-bond donors (Lipinski definition) is 2. The van der Waals surface area contributed by atoms with Crippen LogP contribution in [0.5, 0.6) is 0 Å². The van der Waals surface area contributed by atoms with E-state index in [1.54, 1.807) is 12.1 Å². The Morgan fingerprint density at radius 2 is 1.79 bits per heavy atom. The standard InChI is InChI=1S/C17H21FN2O4/c18-13-8-5-12(6-9-13)7-10-16(22)24-11-15(21)20-17(23)19-14-3-1-2-4-14/h5-6,8-9,14H,1-4,7,10-11H2,(H2,19,20,21,23). The van der Waals surface area contributed by atoms with Gasteiger partial charge in [-0.3, -0.25) is 14.9 Å². The van der Waals surface area contributed by atoms with Gasteiger partial charge in [0.2, 0.25) is 0 Å². The lowest BCUT2D eigenvalue weighted by Crippen LogP contribution is -2.45. The molecule has 1 aromatic carbocycles. The molecule has 6 nitrogen and oxygen atoms in total. The zero-order valence-corrected chi connectivity index (χ0v) is 13.3. The molecule has 130 valence electrons. The van der Waals surface area contributed by atoms with E-state index in [-0.39, 0.29) is 18.3 Å². The van der Waals surface area contributed by atoms with Gasteiger partial charge in [0.1, 0.15) is 5.82 Å². The number of hydrogen-bond acceptors (Lipinski definition) is 4. The van der Waals surface area contributed by atoms with Crippen LogP contribution in [0.4, 0.5) is 9.18 Å². The van der Waals surface area contributed by atoms with Gasteiger partial charge in [-0.1, -0.05) is 25.0 Å². The molecule has 0 bridgehead atoms. The molecule has 1 aliphatic carbocycles. The van der Waals surface area contributed by atoms with Gasteiger partial charge in [-0.2, -0.15) is 0 Å². The van der Waals surface area contributed by atoms with Gasteiger partial charge in [-0.15, -0.1) is 0 Å². The minimum Gasteiger partial charge on any atom is -0.456 e. The third kappa shape index (κ3) is 6.36. The SMILES string of the molecule is O=C(COC(=O)CCc1ccc(F)cc1)NC(=O)NC1CCCC1. The molecule has 7 heteroatoms. The molecule has 0 atom stereocenters. The molecular formula is C17H21FN2O4. The lowest BCUT2D eigenvalue weighted by Gasteiger charge is -2.12. The first kappa shape index (κ1) is 17.9. The number of imide groups is 1. The highest BCUT2D eigenvalue weighted by molar-refractivity contribution is 5.95. The maximum Gasteiger partial charge on any atom is 0.321 e. The molecule has 24 heavy (non-hydrogen) atoms. The summed E-state index contributed by atoms with van der Waals surface area (Å²) in [5.41, 5.74) is 0.800. The predicted molar refractivity (Wildman–Crippen MR) is 84.6 cm³/mol. The van der Waals surface area contributed by atoms with Gasteiger partial charge in [0.05, 0.1) is 0 Å². The number of carbonyl (C=O) groups excluding carboxylic acids is 3. The molecule has 1 aliphatic rings. The molecule has 0 spiro atoms. The topological polar surface area (TPSA) is 84.5 Å². The fraction of sp³-hybridized carbons (Fsp3) is 0.471. The second kappa shape index (κ2) is 9.00. The number of benzene rings is 1. The number of halogens is 1. The van der Waals surface area contributed by atoms with Crippen molar-refractivity contribution < 1.29 is 23.5 Å². The molecule has 0 radical (unpaired) electrons. The van der Waals surface area contributed by atoms with Crippen molar-refractivity contribution in [2.24, 2.45) is 0 Å². The smallest absolute Gasteiger partial charge is 0.321 e. The van der Waals surface area contributed by atoms with Gasteiger partial charge in [-0.25, -0.2) is 9.18 Å². The second-order valence-electron chi connectivity index (χ2n) is 5.79. The zero-order valence-electron chi connectivity index (χ0n) is 13.3. The van der Waals surface area contributed by atoms with Crippen LogP contribution in [-0.4, -0.2) is 30.6 Å². The van der Waals surface area contributed by atoms with Crippen LogP contribution in [0.25, 0.3) is 0 Å². The van der Waals surface area contributed by atoms with E-state index in [9.17, 15) is 18.8 Å². The third-order valence-corrected chi connectivity index (χ3v) is 3.84. The van der Waals surface area contributed by atoms with Gasteiger partial charge in [0, 0.05) is 12.5 Å². The molecule has 1 aromatic rings. The summed E-state index contributed by atoms with van der Waals surface area (Å²) in [6, 6.07) is 5.35. The third-order valence-electron chi connectivity index (χ3n) is 3.84. The quantitative estimate of drug-likeness (QED) is 0.779. The molecule has 0 aromatic heterocycles. The molecule has 0 saturated heterocycles. The Labute approximate surface area is 139 Å². The highest BCUT2D eigenvalue weighted by Gasteiger charge is 2.18. The first-order chi connectivity index (χ1) is 11.5. The Hall–Kier alpha value is -2.44. The van der Waals surface area contributed by atoms with Crippen LogP contribution in [0.1, 0.15) is 37.7 Å². The van der Waals surface area contributed by atoms with Crippen LogP contribution in [0, 0.1) is 5.82 Å². The number of aryl methyl sites for hydroxylation is 1. The summed E-state index contributed by atoms with van der Waals surface area (Å²) in [7, 11) is 0. The van der Waals surface area contributed by atoms with Crippen molar-refractivity contribution in [3.05, 3.63) is 35.6 Å². The molecule has 0 unspecified atom stereocenters. The first-order valence-corrected chi connectivity index (χ1v) is 8.03. The average Bonchev–Trinajstić information content (AvgIpc) is 3.05. The molecule has 0 aliphatic heterocycles. The highest BCUT2D eigenvalue weighted by atomic mass is 19.1. The van der Waals surface area contributed by atoms with E-state index in [0.717, 1.165) is 31.2 Å². The van der Waals surface area contributed by atoms with Gasteiger partial charge in [-0.05, 0) is 37.0 Å². The van der Waals surface area contributed by atoms with E-state index < -0.39 is 24.5 Å². The number of urea groups is 1. The summed E-state index contributed by atoms with van der Waals surface area (Å²) in [5.74, 6) is -1.56. The number of amides is 3. The van der Waals surface area contributed by atoms with E-state index in [1.165, 1.54) is 12.1 Å². The summed E-state index contributed by atoms with van der Waals surface area (Å²) in [5, 5.41) is 4.84. The molecule has 0 heterocycles. The Morgan fingerprint density at radius 1 is 1.12 bits per heavy atom. The summed E-state index contributed by atoms with van der Waals surface area (Å²) >= 11 is 0. The Kier molecular flexibility index (Phi) is 6.72. The summed E-state index contributed by atoms with van der Waals surface area (Å²) in [6.07, 6.45) is 4.45. The van der Waals surface area contributed by atoms with E-state index >= 15 is 0 Å². The summed E-state index contributed by atoms with van der Waals surface area (Å²) < 4.78 is 17.6. The highest BCUT2D eigenvalue weighted by Crippen LogP contribution is 2.17. The van der Waals surface area contributed by atoms with Crippen molar-refractivity contribution in [1.82, 2.24) is 10.6 Å². The normalized spacial score (nSPS) is 14.2. The van der Waals surface area contributed by atoms with Gasteiger partial charge < -0.3 is 10.1 Å². The fourth-order valence-electron chi connectivity index (χ4n) is 2.57. The van der Waals surface area contributed by atoms with Crippen molar-refractivity contribution in [3.63, 3.8) is 0 Å². The average molecular weight is 336 g/mol. The monoisotopic (exact) mass is 336 g/mol. The maximum absolute atomic E-state index is 12.8. The molecule has 2 N–H and O–H groups in total. The Balaban J connectivity index is 1.60. The van der Waals surface area contributed by atoms with Crippen LogP contribution >= 0.6 is 0 Å². The fourth-order valence-corrected chi connectivity index (χ4v) is 2.57. The van der Waals surface area contributed by atoms with Gasteiger partial charge >= 0.3 is 12.0 Å². The minimum absolute atomic E-state index is 0.0766. The summed E-state index contributed by atoms with van der Waals surface area (Å²) in [6.45, 7) is -0.500. The Bertz CT molecular complexity index is 583. The number of nitrogens with one attached hydrogen (secondary N) is 2. The minimum atomic E-state index is -0.666. The number of ether oxygens (including phenoxy) is 1. The van der Waals surface area contributed by atoms with E-state index in [0.29, 0.717) is 6.42 Å². The van der Waals surface area contributed by atoms with Crippen LogP contribution in [-0.2, 0) is 20.7 Å².